The van der Waals surface area contributed by atoms with E-state index in [1.54, 1.807) is 4.90 Å². The van der Waals surface area contributed by atoms with Crippen LogP contribution in [0.25, 0.3) is 0 Å². The van der Waals surface area contributed by atoms with Crippen molar-refractivity contribution in [2.24, 2.45) is 5.92 Å². The van der Waals surface area contributed by atoms with Crippen molar-refractivity contribution in [3.63, 3.8) is 0 Å². The van der Waals surface area contributed by atoms with Crippen molar-refractivity contribution in [2.75, 3.05) is 24.6 Å². The summed E-state index contributed by atoms with van der Waals surface area (Å²) in [5, 5.41) is 3.00. The third-order valence-corrected chi connectivity index (χ3v) is 5.02. The molecule has 5 heteroatoms. The molecule has 1 saturated heterocycles. The normalized spacial score (nSPS) is 22.0. The minimum absolute atomic E-state index is 0.0300. The van der Waals surface area contributed by atoms with Crippen LogP contribution in [0, 0.1) is 5.92 Å². The molecule has 2 fully saturated rings. The van der Waals surface area contributed by atoms with Gasteiger partial charge in [0.1, 0.15) is 6.61 Å². The number of nitrogens with zero attached hydrogens (tertiary/aromatic N) is 1. The first-order chi connectivity index (χ1) is 11.7. The van der Waals surface area contributed by atoms with E-state index in [0.717, 1.165) is 37.8 Å². The number of morpholine rings is 1. The van der Waals surface area contributed by atoms with Gasteiger partial charge in [0.25, 0.3) is 5.91 Å². The van der Waals surface area contributed by atoms with Crippen molar-refractivity contribution >= 4 is 17.5 Å². The molecule has 130 valence electrons. The fraction of sp³-hybridized carbons (Fsp3) is 0.579. The van der Waals surface area contributed by atoms with Gasteiger partial charge in [-0.2, -0.15) is 0 Å². The van der Waals surface area contributed by atoms with Crippen molar-refractivity contribution in [3.8, 4) is 0 Å². The molecule has 1 unspecified atom stereocenters. The maximum atomic E-state index is 12.2. The molecule has 2 aliphatic rings. The van der Waals surface area contributed by atoms with Crippen molar-refractivity contribution in [1.82, 2.24) is 5.32 Å². The number of anilines is 1. The molecule has 5 nitrogen and oxygen atoms in total. The van der Waals surface area contributed by atoms with Crippen molar-refractivity contribution in [2.45, 2.75) is 45.1 Å². The Hall–Kier alpha value is -1.88. The van der Waals surface area contributed by atoms with Gasteiger partial charge in [-0.1, -0.05) is 31.9 Å². The highest BCUT2D eigenvalue weighted by atomic mass is 16.5. The van der Waals surface area contributed by atoms with Gasteiger partial charge in [0, 0.05) is 18.2 Å². The van der Waals surface area contributed by atoms with E-state index in [1.807, 2.05) is 12.1 Å². The van der Waals surface area contributed by atoms with Crippen LogP contribution in [0.5, 0.6) is 0 Å². The molecular formula is C19H26N2O3. The Kier molecular flexibility index (Phi) is 5.51. The zero-order valence-electron chi connectivity index (χ0n) is 14.3. The van der Waals surface area contributed by atoms with Gasteiger partial charge in [0.15, 0.2) is 0 Å². The highest BCUT2D eigenvalue weighted by molar-refractivity contribution is 5.95. The van der Waals surface area contributed by atoms with Gasteiger partial charge in [-0.3, -0.25) is 9.59 Å². The number of amides is 2. The molecule has 1 N–H and O–H groups in total. The van der Waals surface area contributed by atoms with Crippen LogP contribution in [0.2, 0.25) is 0 Å². The van der Waals surface area contributed by atoms with Crippen LogP contribution in [0.3, 0.4) is 0 Å². The zero-order chi connectivity index (χ0) is 16.9. The summed E-state index contributed by atoms with van der Waals surface area (Å²) in [6, 6.07) is 8.07. The van der Waals surface area contributed by atoms with E-state index < -0.39 is 0 Å². The topological polar surface area (TPSA) is 58.6 Å². The van der Waals surface area contributed by atoms with Crippen LogP contribution in [-0.4, -0.2) is 37.6 Å². The highest BCUT2D eigenvalue weighted by Gasteiger charge is 2.29. The average Bonchev–Trinajstić information content (AvgIpc) is 3.15. The Morgan fingerprint density at radius 2 is 1.96 bits per heavy atom. The number of ether oxygens (including phenoxy) is 1. The Morgan fingerprint density at radius 3 is 2.62 bits per heavy atom. The quantitative estimate of drug-likeness (QED) is 0.901. The summed E-state index contributed by atoms with van der Waals surface area (Å²) in [5.41, 5.74) is 2.15. The number of carbonyl (C=O) groups excluding carboxylic acids is 2. The Labute approximate surface area is 143 Å². The maximum Gasteiger partial charge on any atom is 0.253 e. The second kappa shape index (κ2) is 7.79. The SMILES string of the molecule is CCc1ccc(N2CC(CNC(=O)C3CCCC3)OCC2=O)cc1. The molecule has 0 aromatic heterocycles. The second-order valence-corrected chi connectivity index (χ2v) is 6.68. The Balaban J connectivity index is 1.56. The third-order valence-electron chi connectivity index (χ3n) is 5.02. The molecular weight excluding hydrogens is 304 g/mol. The fourth-order valence-corrected chi connectivity index (χ4v) is 3.46. The molecule has 0 radical (unpaired) electrons. The number of rotatable bonds is 5. The minimum atomic E-state index is -0.154. The van der Waals surface area contributed by atoms with Crippen molar-refractivity contribution < 1.29 is 14.3 Å². The van der Waals surface area contributed by atoms with Gasteiger partial charge in [-0.25, -0.2) is 0 Å². The number of benzene rings is 1. The van der Waals surface area contributed by atoms with Gasteiger partial charge < -0.3 is 15.0 Å². The summed E-state index contributed by atoms with van der Waals surface area (Å²) in [7, 11) is 0. The van der Waals surface area contributed by atoms with Crippen LogP contribution >= 0.6 is 0 Å². The minimum Gasteiger partial charge on any atom is -0.365 e. The van der Waals surface area contributed by atoms with E-state index in [1.165, 1.54) is 5.56 Å². The predicted molar refractivity (Wildman–Crippen MR) is 92.9 cm³/mol. The monoisotopic (exact) mass is 330 g/mol. The smallest absolute Gasteiger partial charge is 0.253 e. The first-order valence-corrected chi connectivity index (χ1v) is 8.96. The lowest BCUT2D eigenvalue weighted by molar-refractivity contribution is -0.130. The largest absolute Gasteiger partial charge is 0.365 e. The van der Waals surface area contributed by atoms with E-state index in [9.17, 15) is 9.59 Å². The predicted octanol–water partition coefficient (Wildman–Crippen LogP) is 2.29. The molecule has 2 amide bonds. The molecule has 3 rings (SSSR count). The summed E-state index contributed by atoms with van der Waals surface area (Å²) in [4.78, 5) is 26.0. The number of aryl methyl sites for hydroxylation is 1. The third kappa shape index (κ3) is 3.96. The van der Waals surface area contributed by atoms with Crippen LogP contribution in [0.4, 0.5) is 5.69 Å². The lowest BCUT2D eigenvalue weighted by atomic mass is 10.1. The fourth-order valence-electron chi connectivity index (χ4n) is 3.46. The Bertz CT molecular complexity index is 579. The lowest BCUT2D eigenvalue weighted by Gasteiger charge is -2.33. The first-order valence-electron chi connectivity index (χ1n) is 8.96. The molecule has 1 atom stereocenters. The molecule has 24 heavy (non-hydrogen) atoms. The van der Waals surface area contributed by atoms with Crippen LogP contribution in [0.15, 0.2) is 24.3 Å². The molecule has 0 spiro atoms. The number of nitrogens with one attached hydrogen (secondary N) is 1. The lowest BCUT2D eigenvalue weighted by Crippen LogP contribution is -2.51. The summed E-state index contributed by atoms with van der Waals surface area (Å²) in [5.74, 6) is 0.261. The van der Waals surface area contributed by atoms with Crippen LogP contribution < -0.4 is 10.2 Å². The van der Waals surface area contributed by atoms with Gasteiger partial charge in [0.2, 0.25) is 5.91 Å². The van der Waals surface area contributed by atoms with E-state index in [4.69, 9.17) is 4.74 Å². The number of hydrogen-bond donors (Lipinski definition) is 1. The second-order valence-electron chi connectivity index (χ2n) is 6.68. The molecule has 0 bridgehead atoms. The van der Waals surface area contributed by atoms with E-state index in [2.05, 4.69) is 24.4 Å². The van der Waals surface area contributed by atoms with E-state index >= 15 is 0 Å². The summed E-state index contributed by atoms with van der Waals surface area (Å²) >= 11 is 0. The molecule has 1 aromatic rings. The van der Waals surface area contributed by atoms with Gasteiger partial charge in [-0.05, 0) is 37.0 Å². The van der Waals surface area contributed by atoms with Crippen molar-refractivity contribution in [1.29, 1.82) is 0 Å². The summed E-state index contributed by atoms with van der Waals surface area (Å²) in [6.07, 6.45) is 5.10. The Morgan fingerprint density at radius 1 is 1.25 bits per heavy atom. The maximum absolute atomic E-state index is 12.2. The number of carbonyl (C=O) groups is 2. The van der Waals surface area contributed by atoms with Gasteiger partial charge >= 0.3 is 0 Å². The van der Waals surface area contributed by atoms with Crippen LogP contribution in [-0.2, 0) is 20.7 Å². The summed E-state index contributed by atoms with van der Waals surface area (Å²) < 4.78 is 5.59. The molecule has 1 aliphatic carbocycles. The van der Waals surface area contributed by atoms with E-state index in [-0.39, 0.29) is 30.4 Å². The molecule has 1 heterocycles. The molecule has 1 aromatic carbocycles. The standard InChI is InChI=1S/C19H26N2O3/c1-2-14-7-9-16(10-8-14)21-12-17(24-13-18(21)22)11-20-19(23)15-5-3-4-6-15/h7-10,15,17H,2-6,11-13H2,1H3,(H,20,23). The first kappa shape index (κ1) is 17.0. The molecule has 1 aliphatic heterocycles. The van der Waals surface area contributed by atoms with Crippen molar-refractivity contribution in [3.05, 3.63) is 29.8 Å². The van der Waals surface area contributed by atoms with Gasteiger partial charge in [-0.15, -0.1) is 0 Å². The van der Waals surface area contributed by atoms with E-state index in [0.29, 0.717) is 13.1 Å². The number of hydrogen-bond acceptors (Lipinski definition) is 3. The van der Waals surface area contributed by atoms with Gasteiger partial charge in [0.05, 0.1) is 12.6 Å². The summed E-state index contributed by atoms with van der Waals surface area (Å²) in [6.45, 7) is 3.12. The molecule has 1 saturated carbocycles. The van der Waals surface area contributed by atoms with Crippen LogP contribution in [0.1, 0.15) is 38.2 Å². The zero-order valence-corrected chi connectivity index (χ0v) is 14.3. The highest BCUT2D eigenvalue weighted by Crippen LogP contribution is 2.25. The average molecular weight is 330 g/mol.